The number of rotatable bonds is 3. The zero-order valence-electron chi connectivity index (χ0n) is 8.15. The first kappa shape index (κ1) is 13.9. The van der Waals surface area contributed by atoms with E-state index in [0.717, 1.165) is 5.56 Å². The van der Waals surface area contributed by atoms with E-state index in [1.807, 2.05) is 11.6 Å². The van der Waals surface area contributed by atoms with Gasteiger partial charge in [-0.15, -0.1) is 0 Å². The van der Waals surface area contributed by atoms with Gasteiger partial charge in [-0.3, -0.25) is 4.72 Å². The van der Waals surface area contributed by atoms with E-state index in [1.165, 1.54) is 0 Å². The summed E-state index contributed by atoms with van der Waals surface area (Å²) in [6.07, 6.45) is 0.679. The molecule has 1 N–H and O–H groups in total. The van der Waals surface area contributed by atoms with Crippen molar-refractivity contribution in [3.8, 4) is 0 Å². The minimum Gasteiger partial charge on any atom is -0.731 e. The summed E-state index contributed by atoms with van der Waals surface area (Å²) in [5.74, 6) is 0. The fraction of sp³-hybridized carbons (Fsp3) is 0.250. The quantitative estimate of drug-likeness (QED) is 0.482. The minimum absolute atomic E-state index is 0. The van der Waals surface area contributed by atoms with Gasteiger partial charge in [0.05, 0.1) is 5.69 Å². The molecule has 1 aromatic rings. The molecule has 0 aromatic heterocycles. The zero-order chi connectivity index (χ0) is 9.90. The molecule has 0 spiro atoms. The van der Waals surface area contributed by atoms with Crippen molar-refractivity contribution in [2.75, 3.05) is 4.72 Å². The molecule has 72 valence electrons. The Morgan fingerprint density at radius 2 is 1.93 bits per heavy atom. The first-order valence-corrected chi connectivity index (χ1v) is 5.25. The monoisotopic (exact) mass is 223 g/mol. The van der Waals surface area contributed by atoms with Gasteiger partial charge in [0.1, 0.15) is 0 Å². The van der Waals surface area contributed by atoms with Gasteiger partial charge in [0.15, 0.2) is 10.3 Å². The maximum atomic E-state index is 10.4. The molecule has 0 saturated heterocycles. The van der Waals surface area contributed by atoms with E-state index in [2.05, 4.69) is 0 Å². The number of hydrogen-bond donors (Lipinski definition) is 1. The molecule has 0 unspecified atom stereocenters. The van der Waals surface area contributed by atoms with Crippen molar-refractivity contribution in [3.05, 3.63) is 29.8 Å². The van der Waals surface area contributed by atoms with Gasteiger partial charge in [-0.2, -0.15) is 0 Å². The van der Waals surface area contributed by atoms with Gasteiger partial charge in [-0.1, -0.05) is 25.1 Å². The fourth-order valence-corrected chi connectivity index (χ4v) is 1.53. The molecule has 1 aromatic carbocycles. The molecular formula is C8H10NNaO3S. The predicted octanol–water partition coefficient (Wildman–Crippen LogP) is -1.87. The number of para-hydroxylation sites is 1. The number of benzene rings is 1. The van der Waals surface area contributed by atoms with Gasteiger partial charge in [0.2, 0.25) is 0 Å². The van der Waals surface area contributed by atoms with E-state index < -0.39 is 10.3 Å². The van der Waals surface area contributed by atoms with E-state index in [-0.39, 0.29) is 29.6 Å². The van der Waals surface area contributed by atoms with Crippen molar-refractivity contribution < 1.29 is 42.5 Å². The third-order valence-electron chi connectivity index (χ3n) is 1.63. The van der Waals surface area contributed by atoms with Crippen LogP contribution in [0.1, 0.15) is 12.5 Å². The van der Waals surface area contributed by atoms with E-state index >= 15 is 0 Å². The molecule has 14 heavy (non-hydrogen) atoms. The SMILES string of the molecule is CCc1ccccc1NS(=O)(=O)[O-].[Na+]. The molecule has 0 bridgehead atoms. The van der Waals surface area contributed by atoms with E-state index in [1.54, 1.807) is 24.3 Å². The van der Waals surface area contributed by atoms with Crippen LogP contribution in [-0.4, -0.2) is 13.0 Å². The summed E-state index contributed by atoms with van der Waals surface area (Å²) < 4.78 is 33.1. The molecule has 0 aliphatic rings. The van der Waals surface area contributed by atoms with Crippen molar-refractivity contribution in [2.45, 2.75) is 13.3 Å². The second-order valence-corrected chi connectivity index (χ2v) is 3.68. The number of nitrogens with one attached hydrogen (secondary N) is 1. The molecule has 0 fully saturated rings. The number of anilines is 1. The zero-order valence-corrected chi connectivity index (χ0v) is 11.0. The van der Waals surface area contributed by atoms with Crippen molar-refractivity contribution in [1.82, 2.24) is 0 Å². The third kappa shape index (κ3) is 4.43. The van der Waals surface area contributed by atoms with Crippen LogP contribution in [0.5, 0.6) is 0 Å². The Balaban J connectivity index is 0.00000169. The summed E-state index contributed by atoms with van der Waals surface area (Å²) in [5.41, 5.74) is 1.17. The third-order valence-corrected chi connectivity index (χ3v) is 2.10. The second-order valence-electron chi connectivity index (χ2n) is 2.57. The summed E-state index contributed by atoms with van der Waals surface area (Å²) in [4.78, 5) is 0. The van der Waals surface area contributed by atoms with Crippen LogP contribution in [0.4, 0.5) is 5.69 Å². The van der Waals surface area contributed by atoms with Crippen molar-refractivity contribution in [3.63, 3.8) is 0 Å². The summed E-state index contributed by atoms with van der Waals surface area (Å²) in [6, 6.07) is 6.80. The maximum absolute atomic E-state index is 10.4. The standard InChI is InChI=1S/C8H11NO3S.Na/c1-2-7-5-3-4-6-8(7)9-13(10,11)12;/h3-6,9H,2H2,1H3,(H,10,11,12);/q;+1/p-1. The van der Waals surface area contributed by atoms with Crippen LogP contribution in [0.3, 0.4) is 0 Å². The van der Waals surface area contributed by atoms with Gasteiger partial charge < -0.3 is 4.55 Å². The van der Waals surface area contributed by atoms with E-state index in [0.29, 0.717) is 12.1 Å². The Hall–Kier alpha value is -0.0700. The first-order valence-electron chi connectivity index (χ1n) is 3.84. The fourth-order valence-electron chi connectivity index (χ4n) is 1.06. The Morgan fingerprint density at radius 3 is 2.43 bits per heavy atom. The van der Waals surface area contributed by atoms with Crippen molar-refractivity contribution in [2.24, 2.45) is 0 Å². The molecule has 4 nitrogen and oxygen atoms in total. The number of aryl methyl sites for hydroxylation is 1. The molecule has 0 saturated carbocycles. The summed E-state index contributed by atoms with van der Waals surface area (Å²) in [7, 11) is -4.41. The average molecular weight is 223 g/mol. The maximum Gasteiger partial charge on any atom is 1.00 e. The Morgan fingerprint density at radius 1 is 1.36 bits per heavy atom. The molecule has 0 aliphatic carbocycles. The Labute approximate surface area is 106 Å². The van der Waals surface area contributed by atoms with Gasteiger partial charge in [0, 0.05) is 0 Å². The van der Waals surface area contributed by atoms with Crippen molar-refractivity contribution in [1.29, 1.82) is 0 Å². The summed E-state index contributed by atoms with van der Waals surface area (Å²) in [6.45, 7) is 1.89. The van der Waals surface area contributed by atoms with E-state index in [9.17, 15) is 13.0 Å². The van der Waals surface area contributed by atoms with E-state index in [4.69, 9.17) is 0 Å². The predicted molar refractivity (Wildman–Crippen MR) is 49.1 cm³/mol. The van der Waals surface area contributed by atoms with Gasteiger partial charge in [0.25, 0.3) is 0 Å². The van der Waals surface area contributed by atoms with Crippen LogP contribution in [0.15, 0.2) is 24.3 Å². The average Bonchev–Trinajstić information content (AvgIpc) is 2.02. The molecule has 0 amide bonds. The molecule has 1 rings (SSSR count). The first-order chi connectivity index (χ1) is 6.03. The van der Waals surface area contributed by atoms with Gasteiger partial charge >= 0.3 is 29.6 Å². The molecule has 6 heteroatoms. The Kier molecular flexibility index (Phi) is 5.70. The molecular weight excluding hydrogens is 213 g/mol. The van der Waals surface area contributed by atoms with Gasteiger partial charge in [-0.05, 0) is 18.1 Å². The normalized spacial score (nSPS) is 10.4. The van der Waals surface area contributed by atoms with Crippen LogP contribution >= 0.6 is 0 Å². The largest absolute Gasteiger partial charge is 1.00 e. The molecule has 0 radical (unpaired) electrons. The smallest absolute Gasteiger partial charge is 0.731 e. The van der Waals surface area contributed by atoms with Crippen LogP contribution in [0.25, 0.3) is 0 Å². The molecule has 0 heterocycles. The minimum atomic E-state index is -4.41. The molecule has 0 aliphatic heterocycles. The molecule has 0 atom stereocenters. The topological polar surface area (TPSA) is 69.2 Å². The van der Waals surface area contributed by atoms with Crippen LogP contribution < -0.4 is 34.3 Å². The summed E-state index contributed by atoms with van der Waals surface area (Å²) in [5, 5.41) is 0. The van der Waals surface area contributed by atoms with Crippen LogP contribution in [-0.2, 0) is 16.7 Å². The number of hydrogen-bond acceptors (Lipinski definition) is 3. The van der Waals surface area contributed by atoms with Crippen LogP contribution in [0.2, 0.25) is 0 Å². The Bertz CT molecular complexity index is 391. The van der Waals surface area contributed by atoms with Crippen LogP contribution in [0, 0.1) is 0 Å². The summed E-state index contributed by atoms with van der Waals surface area (Å²) >= 11 is 0. The second kappa shape index (κ2) is 5.72. The van der Waals surface area contributed by atoms with Gasteiger partial charge in [-0.25, -0.2) is 8.42 Å². The van der Waals surface area contributed by atoms with Crippen molar-refractivity contribution >= 4 is 16.0 Å².